The predicted molar refractivity (Wildman–Crippen MR) is 169 cm³/mol. The van der Waals surface area contributed by atoms with Gasteiger partial charge in [-0.2, -0.15) is 5.10 Å². The predicted octanol–water partition coefficient (Wildman–Crippen LogP) is 3.45. The molecule has 6 heterocycles. The van der Waals surface area contributed by atoms with E-state index in [-0.39, 0.29) is 23.7 Å². The smallest absolute Gasteiger partial charge is 0.245 e. The Kier molecular flexibility index (Phi) is 6.97. The lowest BCUT2D eigenvalue weighted by Crippen LogP contribution is -2.47. The monoisotopic (exact) mass is 637 g/mol. The van der Waals surface area contributed by atoms with Crippen molar-refractivity contribution in [3.8, 4) is 16.9 Å². The Morgan fingerprint density at radius 3 is 2.77 bits per heavy atom. The van der Waals surface area contributed by atoms with E-state index in [1.165, 1.54) is 23.3 Å². The summed E-state index contributed by atoms with van der Waals surface area (Å²) in [7, 11) is 3.40. The highest BCUT2D eigenvalue weighted by Crippen LogP contribution is 2.34. The number of halogens is 2. The maximum absolute atomic E-state index is 14.8. The molecular formula is C32H29F2N11O2. The molecule has 15 heteroatoms. The normalized spacial score (nSPS) is 20.0. The lowest BCUT2D eigenvalue weighted by atomic mass is 10.1. The van der Waals surface area contributed by atoms with Crippen molar-refractivity contribution >= 4 is 39.7 Å². The van der Waals surface area contributed by atoms with Gasteiger partial charge in [0.15, 0.2) is 11.5 Å². The van der Waals surface area contributed by atoms with Gasteiger partial charge in [-0.3, -0.25) is 4.79 Å². The molecule has 2 aromatic carbocycles. The summed E-state index contributed by atoms with van der Waals surface area (Å²) < 4.78 is 37.6. The van der Waals surface area contributed by atoms with Crippen LogP contribution in [0.15, 0.2) is 67.5 Å². The molecule has 6 aromatic rings. The number of anilines is 2. The maximum atomic E-state index is 14.8. The fourth-order valence-corrected chi connectivity index (χ4v) is 6.61. The zero-order chi connectivity index (χ0) is 32.2. The molecule has 4 aromatic heterocycles. The number of nitrogens with one attached hydrogen (secondary N) is 1. The Morgan fingerprint density at radius 2 is 1.91 bits per heavy atom. The van der Waals surface area contributed by atoms with Crippen molar-refractivity contribution in [2.45, 2.75) is 31.2 Å². The SMILES string of the molecule is COC1CN(C)C(=O)[C@@H]2C[C@@H](CN2c2ncnc3c2cnn3-c2ccc(F)cc2F)Nc2nccc(n2)-c2cccc3ncn(c23)C1. The van der Waals surface area contributed by atoms with Crippen molar-refractivity contribution in [1.29, 1.82) is 0 Å². The Balaban J connectivity index is 1.21. The van der Waals surface area contributed by atoms with Gasteiger partial charge < -0.3 is 24.4 Å². The molecule has 2 aliphatic rings. The van der Waals surface area contributed by atoms with Crippen molar-refractivity contribution in [2.75, 3.05) is 37.5 Å². The first-order valence-corrected chi connectivity index (χ1v) is 15.1. The van der Waals surface area contributed by atoms with Crippen LogP contribution in [0.3, 0.4) is 0 Å². The Morgan fingerprint density at radius 1 is 1.02 bits per heavy atom. The van der Waals surface area contributed by atoms with Crippen molar-refractivity contribution in [2.24, 2.45) is 0 Å². The molecule has 4 bridgehead atoms. The molecule has 0 saturated carbocycles. The van der Waals surface area contributed by atoms with Gasteiger partial charge in [0, 0.05) is 51.1 Å². The summed E-state index contributed by atoms with van der Waals surface area (Å²) in [6, 6.07) is 10.2. The van der Waals surface area contributed by atoms with Crippen molar-refractivity contribution in [3.63, 3.8) is 0 Å². The molecule has 0 spiro atoms. The van der Waals surface area contributed by atoms with Gasteiger partial charge >= 0.3 is 0 Å². The highest BCUT2D eigenvalue weighted by molar-refractivity contribution is 5.93. The van der Waals surface area contributed by atoms with Gasteiger partial charge in [-0.15, -0.1) is 0 Å². The third-order valence-electron chi connectivity index (χ3n) is 8.83. The number of fused-ring (bicyclic) bond motifs is 6. The number of nitrogens with zero attached hydrogens (tertiary/aromatic N) is 10. The van der Waals surface area contributed by atoms with E-state index in [2.05, 4.69) is 30.4 Å². The quantitative estimate of drug-likeness (QED) is 0.308. The van der Waals surface area contributed by atoms with Crippen LogP contribution in [-0.2, 0) is 16.1 Å². The summed E-state index contributed by atoms with van der Waals surface area (Å²) in [4.78, 5) is 40.8. The molecule has 13 nitrogen and oxygen atoms in total. The van der Waals surface area contributed by atoms with Gasteiger partial charge in [0.05, 0.1) is 47.3 Å². The van der Waals surface area contributed by atoms with Gasteiger partial charge in [0.1, 0.15) is 29.7 Å². The van der Waals surface area contributed by atoms with Gasteiger partial charge in [0.2, 0.25) is 11.9 Å². The number of rotatable bonds is 3. The van der Waals surface area contributed by atoms with Crippen molar-refractivity contribution in [1.82, 2.24) is 44.2 Å². The average molecular weight is 638 g/mol. The van der Waals surface area contributed by atoms with Crippen LogP contribution in [0.1, 0.15) is 6.42 Å². The zero-order valence-corrected chi connectivity index (χ0v) is 25.5. The van der Waals surface area contributed by atoms with Crippen LogP contribution < -0.4 is 10.2 Å². The number of aromatic nitrogens is 8. The van der Waals surface area contributed by atoms with Gasteiger partial charge in [-0.05, 0) is 30.7 Å². The van der Waals surface area contributed by atoms with Crippen LogP contribution in [0.5, 0.6) is 0 Å². The molecular weight excluding hydrogens is 608 g/mol. The van der Waals surface area contributed by atoms with E-state index in [0.29, 0.717) is 48.9 Å². The van der Waals surface area contributed by atoms with Crippen LogP contribution in [-0.4, -0.2) is 95.5 Å². The molecule has 0 aliphatic carbocycles. The Hall–Kier alpha value is -5.57. The second-order valence-corrected chi connectivity index (χ2v) is 11.7. The number of carbonyl (C=O) groups excluding carboxylic acids is 1. The number of para-hydroxylation sites is 1. The molecule has 238 valence electrons. The van der Waals surface area contributed by atoms with Crippen LogP contribution in [0.25, 0.3) is 39.0 Å². The molecule has 3 atom stereocenters. The third-order valence-corrected chi connectivity index (χ3v) is 8.83. The molecule has 1 N–H and O–H groups in total. The minimum atomic E-state index is -0.780. The van der Waals surface area contributed by atoms with Gasteiger partial charge in [-0.1, -0.05) is 12.1 Å². The standard InChI is InChI=1S/C32H29F2N11O2/c1-42-14-20(47-2)15-43-17-38-25-5-3-4-21(28(25)43)24-8-9-35-32(41-24)40-19-11-27(31(42)46)44(13-19)29-22-12-39-45(30(22)37-16-36-29)26-7-6-18(33)10-23(26)34/h3-10,12,16-17,19-20,27H,11,13-15H2,1-2H3,(H,35,40,41)/t19-,20?,27-/m0/s1. The molecule has 1 unspecified atom stereocenters. The summed E-state index contributed by atoms with van der Waals surface area (Å²) in [5, 5.41) is 8.33. The highest BCUT2D eigenvalue weighted by atomic mass is 19.1. The van der Waals surface area contributed by atoms with E-state index in [1.807, 2.05) is 33.7 Å². The van der Waals surface area contributed by atoms with Gasteiger partial charge in [-0.25, -0.2) is 38.4 Å². The third kappa shape index (κ3) is 4.99. The summed E-state index contributed by atoms with van der Waals surface area (Å²) in [6.45, 7) is 1.17. The summed E-state index contributed by atoms with van der Waals surface area (Å²) in [6.07, 6.45) is 6.47. The first-order chi connectivity index (χ1) is 22.9. The van der Waals surface area contributed by atoms with E-state index in [1.54, 1.807) is 31.6 Å². The van der Waals surface area contributed by atoms with Crippen molar-refractivity contribution in [3.05, 3.63) is 79.1 Å². The van der Waals surface area contributed by atoms with E-state index in [9.17, 15) is 13.6 Å². The first-order valence-electron chi connectivity index (χ1n) is 15.1. The minimum Gasteiger partial charge on any atom is -0.378 e. The topological polar surface area (TPSA) is 132 Å². The largest absolute Gasteiger partial charge is 0.378 e. The summed E-state index contributed by atoms with van der Waals surface area (Å²) in [5.41, 5.74) is 3.75. The number of benzene rings is 2. The van der Waals surface area contributed by atoms with E-state index < -0.39 is 17.7 Å². The lowest BCUT2D eigenvalue weighted by molar-refractivity contribution is -0.132. The molecule has 0 radical (unpaired) electrons. The second-order valence-electron chi connectivity index (χ2n) is 11.7. The summed E-state index contributed by atoms with van der Waals surface area (Å²) >= 11 is 0. The van der Waals surface area contributed by atoms with E-state index in [0.717, 1.165) is 34.4 Å². The lowest BCUT2D eigenvalue weighted by Gasteiger charge is -2.30. The van der Waals surface area contributed by atoms with E-state index >= 15 is 0 Å². The van der Waals surface area contributed by atoms with Crippen molar-refractivity contribution < 1.29 is 18.3 Å². The number of carbonyl (C=O) groups is 1. The Labute approximate surface area is 266 Å². The number of methoxy groups -OCH3 is 1. The molecule has 2 aliphatic heterocycles. The first kappa shape index (κ1) is 28.9. The highest BCUT2D eigenvalue weighted by Gasteiger charge is 2.41. The molecule has 1 amide bonds. The number of amides is 1. The number of likely N-dealkylation sites (N-methyl/N-ethyl adjacent to an activating group) is 1. The zero-order valence-electron chi connectivity index (χ0n) is 25.5. The Bertz CT molecular complexity index is 2150. The van der Waals surface area contributed by atoms with Crippen LogP contribution in [0, 0.1) is 11.6 Å². The number of ether oxygens (including phenoxy) is 1. The van der Waals surface area contributed by atoms with Crippen LogP contribution >= 0.6 is 0 Å². The molecule has 47 heavy (non-hydrogen) atoms. The fraction of sp³-hybridized carbons (Fsp3) is 0.281. The molecule has 1 fully saturated rings. The van der Waals surface area contributed by atoms with E-state index in [4.69, 9.17) is 9.72 Å². The maximum Gasteiger partial charge on any atom is 0.245 e. The average Bonchev–Trinajstić information content (AvgIpc) is 3.81. The van der Waals surface area contributed by atoms with Crippen LogP contribution in [0.2, 0.25) is 0 Å². The number of imidazole rings is 1. The molecule has 1 saturated heterocycles. The second kappa shape index (κ2) is 11.3. The number of hydrogen-bond acceptors (Lipinski definition) is 10. The van der Waals surface area contributed by atoms with Gasteiger partial charge in [0.25, 0.3) is 0 Å². The summed E-state index contributed by atoms with van der Waals surface area (Å²) in [5.74, 6) is -0.709. The number of hydrogen-bond donors (Lipinski definition) is 1. The fourth-order valence-electron chi connectivity index (χ4n) is 6.61. The van der Waals surface area contributed by atoms with Crippen LogP contribution in [0.4, 0.5) is 20.5 Å². The molecule has 8 rings (SSSR count). The minimum absolute atomic E-state index is 0.0418.